The molecular weight excluding hydrogens is 382 g/mol. The third kappa shape index (κ3) is 3.70. The average Bonchev–Trinajstić information content (AvgIpc) is 3.42. The lowest BCUT2D eigenvalue weighted by atomic mass is 10.2. The van der Waals surface area contributed by atoms with E-state index in [4.69, 9.17) is 4.74 Å². The van der Waals surface area contributed by atoms with Crippen LogP contribution in [0.4, 0.5) is 0 Å². The van der Waals surface area contributed by atoms with Gasteiger partial charge in [0.15, 0.2) is 5.65 Å². The van der Waals surface area contributed by atoms with Crippen molar-refractivity contribution in [3.05, 3.63) is 26.7 Å². The van der Waals surface area contributed by atoms with Crippen LogP contribution in [0.2, 0.25) is 0 Å². The van der Waals surface area contributed by atoms with E-state index in [2.05, 4.69) is 15.3 Å². The molecule has 0 radical (unpaired) electrons. The maximum absolute atomic E-state index is 12.7. The van der Waals surface area contributed by atoms with E-state index in [1.807, 2.05) is 0 Å². The van der Waals surface area contributed by atoms with Crippen molar-refractivity contribution < 1.29 is 9.53 Å². The Labute approximate surface area is 165 Å². The molecule has 1 aliphatic carbocycles. The molecule has 1 aliphatic heterocycles. The number of aryl methyl sites for hydroxylation is 1. The third-order valence-corrected chi connectivity index (χ3v) is 6.09. The highest BCUT2D eigenvalue weighted by atomic mass is 32.2. The topological polar surface area (TPSA) is 108 Å². The molecule has 9 nitrogen and oxygen atoms in total. The molecule has 0 unspecified atom stereocenters. The van der Waals surface area contributed by atoms with Crippen molar-refractivity contribution in [2.45, 2.75) is 42.7 Å². The van der Waals surface area contributed by atoms with Gasteiger partial charge in [-0.15, -0.1) is 0 Å². The largest absolute Gasteiger partial charge is 0.376 e. The minimum absolute atomic E-state index is 0.0807. The number of fused-ring (bicyclic) bond motifs is 1. The van der Waals surface area contributed by atoms with Crippen LogP contribution >= 0.6 is 11.8 Å². The van der Waals surface area contributed by atoms with Crippen LogP contribution in [-0.2, 0) is 23.6 Å². The summed E-state index contributed by atoms with van der Waals surface area (Å²) in [5, 5.41) is 3.61. The van der Waals surface area contributed by atoms with Gasteiger partial charge in [0.05, 0.1) is 11.9 Å². The fourth-order valence-electron chi connectivity index (χ4n) is 3.29. The Morgan fingerprint density at radius 1 is 1.21 bits per heavy atom. The van der Waals surface area contributed by atoms with E-state index in [0.717, 1.165) is 36.9 Å². The molecule has 0 aromatic carbocycles. The molecule has 1 saturated carbocycles. The number of aromatic nitrogens is 4. The summed E-state index contributed by atoms with van der Waals surface area (Å²) in [5.41, 5.74) is -0.543. The van der Waals surface area contributed by atoms with Gasteiger partial charge in [-0.1, -0.05) is 11.8 Å². The van der Waals surface area contributed by atoms with E-state index < -0.39 is 11.2 Å². The summed E-state index contributed by atoms with van der Waals surface area (Å²) in [6.07, 6.45) is 4.05. The van der Waals surface area contributed by atoms with Crippen LogP contribution in [0.3, 0.4) is 0 Å². The van der Waals surface area contributed by atoms with Crippen LogP contribution in [-0.4, -0.2) is 50.0 Å². The lowest BCUT2D eigenvalue weighted by Crippen LogP contribution is -2.38. The second kappa shape index (κ2) is 7.67. The molecule has 0 spiro atoms. The molecule has 3 heterocycles. The minimum Gasteiger partial charge on any atom is -0.376 e. The maximum atomic E-state index is 12.7. The van der Waals surface area contributed by atoms with Crippen molar-refractivity contribution in [2.75, 3.05) is 18.9 Å². The molecule has 0 bridgehead atoms. The van der Waals surface area contributed by atoms with Crippen molar-refractivity contribution in [1.29, 1.82) is 0 Å². The number of rotatable bonds is 6. The first kappa shape index (κ1) is 19.1. The molecule has 2 aliphatic rings. The number of ether oxygens (including phenoxy) is 1. The molecule has 1 saturated heterocycles. The summed E-state index contributed by atoms with van der Waals surface area (Å²) in [4.78, 5) is 46.3. The van der Waals surface area contributed by atoms with Gasteiger partial charge in [-0.2, -0.15) is 0 Å². The van der Waals surface area contributed by atoms with Crippen molar-refractivity contribution in [3.63, 3.8) is 0 Å². The highest BCUT2D eigenvalue weighted by Crippen LogP contribution is 2.39. The Balaban J connectivity index is 1.60. The Bertz CT molecular complexity index is 1040. The van der Waals surface area contributed by atoms with E-state index in [1.165, 1.54) is 23.4 Å². The molecule has 1 N–H and O–H groups in total. The lowest BCUT2D eigenvalue weighted by Gasteiger charge is -2.12. The summed E-state index contributed by atoms with van der Waals surface area (Å²) >= 11 is 1.20. The maximum Gasteiger partial charge on any atom is 0.332 e. The van der Waals surface area contributed by atoms with E-state index in [1.54, 1.807) is 7.05 Å². The summed E-state index contributed by atoms with van der Waals surface area (Å²) in [6.45, 7) is 1.24. The number of nitrogens with zero attached hydrogens (tertiary/aromatic N) is 4. The van der Waals surface area contributed by atoms with Crippen LogP contribution < -0.4 is 16.6 Å². The highest BCUT2D eigenvalue weighted by molar-refractivity contribution is 8.00. The second-order valence-corrected chi connectivity index (χ2v) is 8.26. The quantitative estimate of drug-likeness (QED) is 0.544. The van der Waals surface area contributed by atoms with Gasteiger partial charge < -0.3 is 10.1 Å². The van der Waals surface area contributed by atoms with Crippen molar-refractivity contribution >= 4 is 28.7 Å². The molecule has 10 heteroatoms. The zero-order valence-electron chi connectivity index (χ0n) is 15.9. The highest BCUT2D eigenvalue weighted by Gasteiger charge is 2.29. The molecular formula is C18H23N5O4S. The monoisotopic (exact) mass is 405 g/mol. The van der Waals surface area contributed by atoms with E-state index in [-0.39, 0.29) is 29.1 Å². The predicted molar refractivity (Wildman–Crippen MR) is 105 cm³/mol. The van der Waals surface area contributed by atoms with Gasteiger partial charge >= 0.3 is 5.69 Å². The van der Waals surface area contributed by atoms with Gasteiger partial charge in [0.1, 0.15) is 16.2 Å². The van der Waals surface area contributed by atoms with Crippen LogP contribution in [0.25, 0.3) is 11.0 Å². The third-order valence-electron chi connectivity index (χ3n) is 5.12. The number of carbonyl (C=O) groups excluding carboxylic acids is 1. The molecule has 2 fully saturated rings. The molecule has 2 aromatic heterocycles. The molecule has 4 rings (SSSR count). The molecule has 150 valence electrons. The lowest BCUT2D eigenvalue weighted by molar-refractivity contribution is -0.119. The van der Waals surface area contributed by atoms with Crippen LogP contribution in [0.5, 0.6) is 0 Å². The Hall–Kier alpha value is -2.20. The predicted octanol–water partition coefficient (Wildman–Crippen LogP) is 0.292. The van der Waals surface area contributed by atoms with E-state index in [9.17, 15) is 14.4 Å². The second-order valence-electron chi connectivity index (χ2n) is 7.29. The van der Waals surface area contributed by atoms with Crippen LogP contribution in [0, 0.1) is 0 Å². The Morgan fingerprint density at radius 3 is 2.68 bits per heavy atom. The molecule has 28 heavy (non-hydrogen) atoms. The van der Waals surface area contributed by atoms with Crippen molar-refractivity contribution in [1.82, 2.24) is 24.4 Å². The van der Waals surface area contributed by atoms with Crippen LogP contribution in [0.1, 0.15) is 37.4 Å². The van der Waals surface area contributed by atoms with Gasteiger partial charge in [-0.25, -0.2) is 14.8 Å². The summed E-state index contributed by atoms with van der Waals surface area (Å²) in [6, 6.07) is 0. The van der Waals surface area contributed by atoms with Crippen LogP contribution in [0.15, 0.2) is 14.6 Å². The first-order chi connectivity index (χ1) is 13.5. The van der Waals surface area contributed by atoms with Crippen molar-refractivity contribution in [3.8, 4) is 0 Å². The fraction of sp³-hybridized carbons (Fsp3) is 0.611. The SMILES string of the molecule is Cn1c(=O)c2c(SCC(=O)NC[C@H]3CCCO3)nc(C3CC3)nc2n(C)c1=O. The van der Waals surface area contributed by atoms with Gasteiger partial charge in [0.25, 0.3) is 5.56 Å². The van der Waals surface area contributed by atoms with Gasteiger partial charge in [-0.3, -0.25) is 18.7 Å². The van der Waals surface area contributed by atoms with Gasteiger partial charge in [0, 0.05) is 33.2 Å². The Morgan fingerprint density at radius 2 is 2.00 bits per heavy atom. The molecule has 2 aromatic rings. The van der Waals surface area contributed by atoms with E-state index in [0.29, 0.717) is 23.0 Å². The summed E-state index contributed by atoms with van der Waals surface area (Å²) < 4.78 is 7.92. The van der Waals surface area contributed by atoms with Gasteiger partial charge in [-0.05, 0) is 25.7 Å². The molecule has 1 atom stereocenters. The summed E-state index contributed by atoms with van der Waals surface area (Å²) in [5.74, 6) is 0.894. The number of amides is 1. The fourth-order valence-corrected chi connectivity index (χ4v) is 4.14. The minimum atomic E-state index is -0.442. The van der Waals surface area contributed by atoms with E-state index >= 15 is 0 Å². The number of hydrogen-bond acceptors (Lipinski definition) is 7. The zero-order chi connectivity index (χ0) is 19.8. The normalized spacial score (nSPS) is 19.3. The molecule has 1 amide bonds. The average molecular weight is 405 g/mol. The smallest absolute Gasteiger partial charge is 0.332 e. The first-order valence-electron chi connectivity index (χ1n) is 9.44. The van der Waals surface area contributed by atoms with Gasteiger partial charge in [0.2, 0.25) is 5.91 Å². The van der Waals surface area contributed by atoms with Crippen molar-refractivity contribution in [2.24, 2.45) is 14.1 Å². The number of carbonyl (C=O) groups is 1. The first-order valence-corrected chi connectivity index (χ1v) is 10.4. The summed E-state index contributed by atoms with van der Waals surface area (Å²) in [7, 11) is 3.03. The standard InChI is InChI=1S/C18H23N5O4S/c1-22-15-13(17(25)23(2)18(22)26)16(21-14(20-15)10-5-6-10)28-9-12(24)19-8-11-4-3-7-27-11/h10-11H,3-9H2,1-2H3,(H,19,24)/t11-/m1/s1. The number of hydrogen-bond donors (Lipinski definition) is 1. The zero-order valence-corrected chi connectivity index (χ0v) is 16.8. The Kier molecular flexibility index (Phi) is 5.24. The number of thioether (sulfide) groups is 1. The number of nitrogens with one attached hydrogen (secondary N) is 1.